The highest BCUT2D eigenvalue weighted by atomic mass is 16.5. The van der Waals surface area contributed by atoms with E-state index < -0.39 is 0 Å². The summed E-state index contributed by atoms with van der Waals surface area (Å²) in [6.07, 6.45) is 5.02. The van der Waals surface area contributed by atoms with Crippen LogP contribution in [0.5, 0.6) is 11.5 Å². The molecule has 0 saturated carbocycles. The first-order valence-electron chi connectivity index (χ1n) is 3.87. The second-order valence-electron chi connectivity index (χ2n) is 2.83. The predicted octanol–water partition coefficient (Wildman–Crippen LogP) is 1.97. The van der Waals surface area contributed by atoms with Gasteiger partial charge in [-0.05, 0) is 29.7 Å². The summed E-state index contributed by atoms with van der Waals surface area (Å²) in [5, 5.41) is 9.42. The third-order valence-electron chi connectivity index (χ3n) is 2.08. The molecule has 0 aromatic heterocycles. The smallest absolute Gasteiger partial charge is 0.160 e. The van der Waals surface area contributed by atoms with Crippen LogP contribution in [0.4, 0.5) is 0 Å². The molecule has 0 radical (unpaired) electrons. The van der Waals surface area contributed by atoms with Gasteiger partial charge >= 0.3 is 0 Å². The third kappa shape index (κ3) is 0.961. The van der Waals surface area contributed by atoms with Crippen LogP contribution in [-0.4, -0.2) is 12.2 Å². The van der Waals surface area contributed by atoms with Crippen LogP contribution >= 0.6 is 0 Å². The van der Waals surface area contributed by atoms with Crippen LogP contribution in [0.15, 0.2) is 18.2 Å². The molecule has 0 aliphatic heterocycles. The maximum atomic E-state index is 9.42. The number of allylic oxidation sites excluding steroid dienone is 1. The number of fused-ring (bicyclic) bond motifs is 1. The summed E-state index contributed by atoms with van der Waals surface area (Å²) in [6, 6.07) is 3.61. The molecule has 2 nitrogen and oxygen atoms in total. The number of aromatic hydroxyl groups is 1. The highest BCUT2D eigenvalue weighted by molar-refractivity contribution is 5.64. The molecule has 0 bridgehead atoms. The van der Waals surface area contributed by atoms with E-state index in [2.05, 4.69) is 6.08 Å². The van der Waals surface area contributed by atoms with E-state index in [1.54, 1.807) is 13.2 Å². The van der Waals surface area contributed by atoms with Gasteiger partial charge in [-0.2, -0.15) is 0 Å². The van der Waals surface area contributed by atoms with Crippen LogP contribution in [0.25, 0.3) is 6.08 Å². The lowest BCUT2D eigenvalue weighted by Crippen LogP contribution is -1.87. The van der Waals surface area contributed by atoms with Gasteiger partial charge in [-0.15, -0.1) is 0 Å². The van der Waals surface area contributed by atoms with E-state index in [4.69, 9.17) is 4.74 Å². The molecular weight excluding hydrogens is 152 g/mol. The average molecular weight is 162 g/mol. The van der Waals surface area contributed by atoms with Crippen molar-refractivity contribution in [3.63, 3.8) is 0 Å². The van der Waals surface area contributed by atoms with Crippen molar-refractivity contribution in [2.75, 3.05) is 7.11 Å². The Morgan fingerprint density at radius 1 is 1.42 bits per heavy atom. The lowest BCUT2D eigenvalue weighted by atomic mass is 10.1. The van der Waals surface area contributed by atoms with Crippen molar-refractivity contribution in [3.05, 3.63) is 29.3 Å². The first-order chi connectivity index (χ1) is 5.81. The van der Waals surface area contributed by atoms with Gasteiger partial charge in [0.2, 0.25) is 0 Å². The molecule has 1 N–H and O–H groups in total. The summed E-state index contributed by atoms with van der Waals surface area (Å²) < 4.78 is 4.99. The molecule has 0 unspecified atom stereocenters. The summed E-state index contributed by atoms with van der Waals surface area (Å²) >= 11 is 0. The summed E-state index contributed by atoms with van der Waals surface area (Å²) in [7, 11) is 1.56. The molecule has 2 rings (SSSR count). The first-order valence-corrected chi connectivity index (χ1v) is 3.87. The van der Waals surface area contributed by atoms with Crippen molar-refractivity contribution in [1.29, 1.82) is 0 Å². The van der Waals surface area contributed by atoms with Gasteiger partial charge in [0.25, 0.3) is 0 Å². The fourth-order valence-corrected chi connectivity index (χ4v) is 1.43. The van der Waals surface area contributed by atoms with E-state index in [9.17, 15) is 5.11 Å². The second-order valence-corrected chi connectivity index (χ2v) is 2.83. The quantitative estimate of drug-likeness (QED) is 0.684. The maximum Gasteiger partial charge on any atom is 0.160 e. The number of benzene rings is 1. The van der Waals surface area contributed by atoms with Crippen molar-refractivity contribution in [1.82, 2.24) is 0 Å². The Hall–Kier alpha value is -1.44. The Kier molecular flexibility index (Phi) is 1.54. The second kappa shape index (κ2) is 2.55. The van der Waals surface area contributed by atoms with Crippen molar-refractivity contribution in [2.24, 2.45) is 0 Å². The van der Waals surface area contributed by atoms with Gasteiger partial charge in [0.15, 0.2) is 11.5 Å². The molecule has 0 heterocycles. The van der Waals surface area contributed by atoms with E-state index in [0.29, 0.717) is 5.75 Å². The molecule has 1 aliphatic carbocycles. The zero-order valence-electron chi connectivity index (χ0n) is 6.87. The van der Waals surface area contributed by atoms with Gasteiger partial charge in [0, 0.05) is 0 Å². The van der Waals surface area contributed by atoms with Gasteiger partial charge in [-0.25, -0.2) is 0 Å². The van der Waals surface area contributed by atoms with E-state index >= 15 is 0 Å². The topological polar surface area (TPSA) is 29.5 Å². The molecule has 62 valence electrons. The van der Waals surface area contributed by atoms with Crippen molar-refractivity contribution in [3.8, 4) is 11.5 Å². The minimum atomic E-state index is 0.211. The predicted molar refractivity (Wildman–Crippen MR) is 47.4 cm³/mol. The van der Waals surface area contributed by atoms with Crippen molar-refractivity contribution < 1.29 is 9.84 Å². The van der Waals surface area contributed by atoms with Gasteiger partial charge in [-0.1, -0.05) is 12.2 Å². The van der Waals surface area contributed by atoms with Crippen molar-refractivity contribution in [2.45, 2.75) is 6.42 Å². The zero-order chi connectivity index (χ0) is 8.55. The molecule has 0 saturated heterocycles. The summed E-state index contributed by atoms with van der Waals surface area (Å²) in [5.74, 6) is 0.764. The average Bonchev–Trinajstić information content (AvgIpc) is 2.49. The zero-order valence-corrected chi connectivity index (χ0v) is 6.87. The van der Waals surface area contributed by atoms with E-state index in [-0.39, 0.29) is 5.75 Å². The molecule has 0 amide bonds. The first kappa shape index (κ1) is 7.22. The Bertz CT molecular complexity index is 339. The van der Waals surface area contributed by atoms with E-state index in [1.165, 1.54) is 5.56 Å². The van der Waals surface area contributed by atoms with Crippen LogP contribution in [0.3, 0.4) is 0 Å². The highest BCUT2D eigenvalue weighted by Gasteiger charge is 2.09. The van der Waals surface area contributed by atoms with Crippen LogP contribution in [0, 0.1) is 0 Å². The van der Waals surface area contributed by atoms with Crippen LogP contribution in [-0.2, 0) is 6.42 Å². The number of hydrogen-bond acceptors (Lipinski definition) is 2. The molecule has 12 heavy (non-hydrogen) atoms. The number of ether oxygens (including phenoxy) is 1. The number of methoxy groups -OCH3 is 1. The molecule has 1 aromatic rings. The Morgan fingerprint density at radius 3 is 3.00 bits per heavy atom. The van der Waals surface area contributed by atoms with Crippen LogP contribution < -0.4 is 4.74 Å². The molecule has 1 aliphatic rings. The van der Waals surface area contributed by atoms with Gasteiger partial charge < -0.3 is 9.84 Å². The number of hydrogen-bond donors (Lipinski definition) is 1. The van der Waals surface area contributed by atoms with E-state index in [0.717, 1.165) is 12.0 Å². The van der Waals surface area contributed by atoms with Crippen molar-refractivity contribution >= 4 is 6.08 Å². The Balaban J connectivity index is 2.54. The lowest BCUT2D eigenvalue weighted by molar-refractivity contribution is 0.373. The van der Waals surface area contributed by atoms with E-state index in [1.807, 2.05) is 12.1 Å². The molecule has 1 aromatic carbocycles. The van der Waals surface area contributed by atoms with Crippen LogP contribution in [0.1, 0.15) is 11.1 Å². The minimum Gasteiger partial charge on any atom is -0.504 e. The molecule has 2 heteroatoms. The summed E-state index contributed by atoms with van der Waals surface area (Å²) in [5.41, 5.74) is 2.30. The minimum absolute atomic E-state index is 0.211. The molecule has 0 fully saturated rings. The fourth-order valence-electron chi connectivity index (χ4n) is 1.43. The fraction of sp³-hybridized carbons (Fsp3) is 0.200. The van der Waals surface area contributed by atoms with Gasteiger partial charge in [0.1, 0.15) is 0 Å². The monoisotopic (exact) mass is 162 g/mol. The Morgan fingerprint density at radius 2 is 2.25 bits per heavy atom. The standard InChI is InChI=1S/C10H10O2/c1-12-10-6-8-4-2-3-7(8)5-9(10)11/h2-3,5-6,11H,4H2,1H3. The summed E-state index contributed by atoms with van der Waals surface area (Å²) in [6.45, 7) is 0. The number of phenolic OH excluding ortho intramolecular Hbond substituents is 1. The molecule has 0 atom stereocenters. The SMILES string of the molecule is COc1cc2c(cc1O)C=CC2. The molecular formula is C10H10O2. The lowest BCUT2D eigenvalue weighted by Gasteiger charge is -2.05. The maximum absolute atomic E-state index is 9.42. The Labute approximate surface area is 71.1 Å². The molecule has 0 spiro atoms. The number of phenols is 1. The summed E-state index contributed by atoms with van der Waals surface area (Å²) in [4.78, 5) is 0. The third-order valence-corrected chi connectivity index (χ3v) is 2.08. The van der Waals surface area contributed by atoms with Gasteiger partial charge in [-0.3, -0.25) is 0 Å². The van der Waals surface area contributed by atoms with Gasteiger partial charge in [0.05, 0.1) is 7.11 Å². The van der Waals surface area contributed by atoms with Crippen LogP contribution in [0.2, 0.25) is 0 Å². The number of rotatable bonds is 1. The highest BCUT2D eigenvalue weighted by Crippen LogP contribution is 2.32. The normalized spacial score (nSPS) is 13.1. The largest absolute Gasteiger partial charge is 0.504 e.